The number of piperidine rings is 1. The van der Waals surface area contributed by atoms with Crippen LogP contribution in [0, 0.1) is 17.8 Å². The Morgan fingerprint density at radius 2 is 1.83 bits per heavy atom. The fraction of sp³-hybridized carbons (Fsp3) is 0.938. The Morgan fingerprint density at radius 1 is 1.17 bits per heavy atom. The molecule has 24 heavy (non-hydrogen) atoms. The zero-order valence-electron chi connectivity index (χ0n) is 14.6. The molecular formula is C16H29N3O4S. The number of rotatable bonds is 6. The van der Waals surface area contributed by atoms with Crippen molar-refractivity contribution in [3.05, 3.63) is 0 Å². The van der Waals surface area contributed by atoms with Crippen LogP contribution in [0.15, 0.2) is 0 Å². The molecule has 2 atom stereocenters. The highest BCUT2D eigenvalue weighted by Gasteiger charge is 2.45. The summed E-state index contributed by atoms with van der Waals surface area (Å²) < 4.78 is 35.1. The topological polar surface area (TPSA) is 79.0 Å². The molecule has 7 nitrogen and oxygen atoms in total. The normalized spacial score (nSPS) is 30.0. The van der Waals surface area contributed by atoms with Gasteiger partial charge in [0.1, 0.15) is 0 Å². The maximum atomic E-state index is 12.8. The average Bonchev–Trinajstić information content (AvgIpc) is 3.29. The van der Waals surface area contributed by atoms with Gasteiger partial charge in [-0.1, -0.05) is 0 Å². The van der Waals surface area contributed by atoms with Crippen LogP contribution in [0.4, 0.5) is 0 Å². The van der Waals surface area contributed by atoms with E-state index in [1.54, 1.807) is 23.2 Å². The second-order valence-corrected chi connectivity index (χ2v) is 9.15. The molecule has 2 unspecified atom stereocenters. The minimum atomic E-state index is -3.49. The molecule has 0 aromatic heterocycles. The number of amides is 1. The maximum absolute atomic E-state index is 12.8. The molecule has 138 valence electrons. The van der Waals surface area contributed by atoms with Crippen molar-refractivity contribution >= 4 is 16.1 Å². The number of nitrogens with zero attached hydrogens (tertiary/aromatic N) is 2. The van der Waals surface area contributed by atoms with Crippen LogP contribution >= 0.6 is 0 Å². The van der Waals surface area contributed by atoms with E-state index in [1.165, 1.54) is 0 Å². The van der Waals surface area contributed by atoms with Gasteiger partial charge in [0.05, 0.1) is 0 Å². The summed E-state index contributed by atoms with van der Waals surface area (Å²) in [7, 11) is -1.80. The molecule has 3 fully saturated rings. The number of hydrogen-bond acceptors (Lipinski definition) is 4. The fourth-order valence-corrected chi connectivity index (χ4v) is 5.50. The number of hydrogen-bond donors (Lipinski definition) is 1. The van der Waals surface area contributed by atoms with E-state index in [-0.39, 0.29) is 17.9 Å². The van der Waals surface area contributed by atoms with Crippen LogP contribution in [-0.2, 0) is 19.7 Å². The molecule has 2 aliphatic heterocycles. The zero-order valence-corrected chi connectivity index (χ0v) is 15.4. The summed E-state index contributed by atoms with van der Waals surface area (Å²) in [6.45, 7) is 4.52. The monoisotopic (exact) mass is 359 g/mol. The van der Waals surface area contributed by atoms with E-state index in [2.05, 4.69) is 4.72 Å². The molecule has 0 aromatic carbocycles. The number of nitrogens with one attached hydrogen (secondary N) is 1. The van der Waals surface area contributed by atoms with E-state index in [4.69, 9.17) is 4.74 Å². The van der Waals surface area contributed by atoms with Gasteiger partial charge in [0.15, 0.2) is 0 Å². The summed E-state index contributed by atoms with van der Waals surface area (Å²) in [5, 5.41) is 0. The van der Waals surface area contributed by atoms with Gasteiger partial charge < -0.3 is 9.64 Å². The first-order chi connectivity index (χ1) is 11.4. The van der Waals surface area contributed by atoms with E-state index < -0.39 is 10.2 Å². The van der Waals surface area contributed by atoms with Gasteiger partial charge in [-0.3, -0.25) is 4.79 Å². The Labute approximate surface area is 144 Å². The van der Waals surface area contributed by atoms with E-state index in [9.17, 15) is 13.2 Å². The van der Waals surface area contributed by atoms with Gasteiger partial charge in [-0.05, 0) is 43.4 Å². The Hall–Kier alpha value is -0.700. The van der Waals surface area contributed by atoms with Crippen molar-refractivity contribution in [1.82, 2.24) is 13.9 Å². The molecule has 0 radical (unpaired) electrons. The lowest BCUT2D eigenvalue weighted by Gasteiger charge is -2.32. The minimum Gasteiger partial charge on any atom is -0.384 e. The van der Waals surface area contributed by atoms with Crippen molar-refractivity contribution in [2.45, 2.75) is 38.6 Å². The first kappa shape index (κ1) is 18.1. The van der Waals surface area contributed by atoms with Crippen molar-refractivity contribution in [2.75, 3.05) is 39.9 Å². The third-order valence-electron chi connectivity index (χ3n) is 5.65. The van der Waals surface area contributed by atoms with Gasteiger partial charge in [-0.15, -0.1) is 0 Å². The Morgan fingerprint density at radius 3 is 2.38 bits per heavy atom. The number of methoxy groups -OCH3 is 1. The van der Waals surface area contributed by atoms with Crippen LogP contribution in [0.25, 0.3) is 0 Å². The van der Waals surface area contributed by atoms with Crippen LogP contribution in [-0.4, -0.2) is 69.5 Å². The summed E-state index contributed by atoms with van der Waals surface area (Å²) in [5.74, 6) is 1.30. The molecule has 1 saturated carbocycles. The largest absolute Gasteiger partial charge is 0.384 e. The SMILES string of the molecule is COCC1CCN(S(=O)(=O)NC2CN(C(C)=O)CC2C2CC2)CC1. The number of likely N-dealkylation sites (tertiary alicyclic amines) is 1. The maximum Gasteiger partial charge on any atom is 0.279 e. The highest BCUT2D eigenvalue weighted by atomic mass is 32.2. The predicted molar refractivity (Wildman–Crippen MR) is 90.5 cm³/mol. The Kier molecular flexibility index (Phi) is 5.48. The highest BCUT2D eigenvalue weighted by Crippen LogP contribution is 2.41. The summed E-state index contributed by atoms with van der Waals surface area (Å²) in [6, 6.07) is -0.150. The van der Waals surface area contributed by atoms with Crippen LogP contribution < -0.4 is 4.72 Å². The van der Waals surface area contributed by atoms with E-state index in [0.29, 0.717) is 44.6 Å². The molecule has 1 aliphatic carbocycles. The van der Waals surface area contributed by atoms with Crippen LogP contribution in [0.2, 0.25) is 0 Å². The fourth-order valence-electron chi connectivity index (χ4n) is 4.03. The molecule has 3 aliphatic rings. The predicted octanol–water partition coefficient (Wildman–Crippen LogP) is 0.436. The van der Waals surface area contributed by atoms with Gasteiger partial charge in [0.2, 0.25) is 5.91 Å². The van der Waals surface area contributed by atoms with Crippen molar-refractivity contribution in [2.24, 2.45) is 17.8 Å². The molecular weight excluding hydrogens is 330 g/mol. The van der Waals surface area contributed by atoms with E-state index >= 15 is 0 Å². The van der Waals surface area contributed by atoms with Gasteiger partial charge >= 0.3 is 0 Å². The highest BCUT2D eigenvalue weighted by molar-refractivity contribution is 7.87. The number of carbonyl (C=O) groups is 1. The third-order valence-corrected chi connectivity index (χ3v) is 7.30. The van der Waals surface area contributed by atoms with Crippen LogP contribution in [0.1, 0.15) is 32.6 Å². The second-order valence-electron chi connectivity index (χ2n) is 7.45. The third kappa shape index (κ3) is 4.09. The number of ether oxygens (including phenoxy) is 1. The van der Waals surface area contributed by atoms with Gasteiger partial charge in [0.25, 0.3) is 10.2 Å². The lowest BCUT2D eigenvalue weighted by molar-refractivity contribution is -0.128. The lowest BCUT2D eigenvalue weighted by atomic mass is 9.99. The van der Waals surface area contributed by atoms with E-state index in [1.807, 2.05) is 0 Å². The second kappa shape index (κ2) is 7.27. The van der Waals surface area contributed by atoms with E-state index in [0.717, 1.165) is 25.7 Å². The lowest BCUT2D eigenvalue weighted by Crippen LogP contribution is -2.51. The Balaban J connectivity index is 1.60. The van der Waals surface area contributed by atoms with Crippen LogP contribution in [0.5, 0.6) is 0 Å². The average molecular weight is 359 g/mol. The first-order valence-electron chi connectivity index (χ1n) is 8.92. The minimum absolute atomic E-state index is 0.0303. The van der Waals surface area contributed by atoms with Gasteiger partial charge in [0, 0.05) is 52.9 Å². The molecule has 1 N–H and O–H groups in total. The van der Waals surface area contributed by atoms with Crippen molar-refractivity contribution in [3.63, 3.8) is 0 Å². The van der Waals surface area contributed by atoms with Crippen molar-refractivity contribution in [3.8, 4) is 0 Å². The molecule has 2 saturated heterocycles. The molecule has 0 spiro atoms. The zero-order chi connectivity index (χ0) is 17.3. The summed E-state index contributed by atoms with van der Waals surface area (Å²) in [4.78, 5) is 13.5. The van der Waals surface area contributed by atoms with Crippen molar-refractivity contribution in [1.29, 1.82) is 0 Å². The summed E-state index contributed by atoms with van der Waals surface area (Å²) >= 11 is 0. The standard InChI is InChI=1S/C16H29N3O4S/c1-12(20)18-9-15(14-3-4-14)16(10-18)17-24(21,22)19-7-5-13(6-8-19)11-23-2/h13-17H,3-11H2,1-2H3. The summed E-state index contributed by atoms with van der Waals surface area (Å²) in [6.07, 6.45) is 3.98. The molecule has 0 aromatic rings. The summed E-state index contributed by atoms with van der Waals surface area (Å²) in [5.41, 5.74) is 0. The molecule has 2 heterocycles. The molecule has 1 amide bonds. The van der Waals surface area contributed by atoms with Gasteiger partial charge in [-0.25, -0.2) is 0 Å². The van der Waals surface area contributed by atoms with Crippen molar-refractivity contribution < 1.29 is 17.9 Å². The van der Waals surface area contributed by atoms with Crippen LogP contribution in [0.3, 0.4) is 0 Å². The quantitative estimate of drug-likeness (QED) is 0.746. The van der Waals surface area contributed by atoms with Gasteiger partial charge in [-0.2, -0.15) is 17.4 Å². The molecule has 0 bridgehead atoms. The smallest absolute Gasteiger partial charge is 0.279 e. The number of carbonyl (C=O) groups excluding carboxylic acids is 1. The molecule has 3 rings (SSSR count). The molecule has 8 heteroatoms. The Bertz CT molecular complexity index is 556. The first-order valence-corrected chi connectivity index (χ1v) is 10.4.